The zero-order valence-electron chi connectivity index (χ0n) is 15.2. The molecule has 0 aliphatic rings. The first-order valence-electron chi connectivity index (χ1n) is 8.32. The lowest BCUT2D eigenvalue weighted by atomic mass is 10.2. The second kappa shape index (κ2) is 8.90. The van der Waals surface area contributed by atoms with Crippen LogP contribution in [0.25, 0.3) is 0 Å². The van der Waals surface area contributed by atoms with Gasteiger partial charge in [0, 0.05) is 17.5 Å². The van der Waals surface area contributed by atoms with Gasteiger partial charge in [0.15, 0.2) is 5.82 Å². The van der Waals surface area contributed by atoms with Crippen LogP contribution in [0.5, 0.6) is 0 Å². The molecule has 0 unspecified atom stereocenters. The highest BCUT2D eigenvalue weighted by Crippen LogP contribution is 2.29. The van der Waals surface area contributed by atoms with Crippen molar-refractivity contribution < 1.29 is 14.1 Å². The SMILES string of the molecule is CC(=O)Nc1ccc(NC(=O)c2ccccc2SCc2nc(C)no2)c(Cl)c1. The second-order valence-electron chi connectivity index (χ2n) is 5.85. The summed E-state index contributed by atoms with van der Waals surface area (Å²) in [6, 6.07) is 12.1. The van der Waals surface area contributed by atoms with Gasteiger partial charge in [-0.05, 0) is 37.3 Å². The van der Waals surface area contributed by atoms with Crippen LogP contribution in [0.4, 0.5) is 11.4 Å². The zero-order valence-corrected chi connectivity index (χ0v) is 16.7. The number of aryl methyl sites for hydroxylation is 1. The monoisotopic (exact) mass is 416 g/mol. The van der Waals surface area contributed by atoms with Crippen LogP contribution in [-0.2, 0) is 10.5 Å². The Labute approximate surface area is 170 Å². The first-order valence-corrected chi connectivity index (χ1v) is 9.68. The summed E-state index contributed by atoms with van der Waals surface area (Å²) in [5, 5.41) is 9.53. The molecule has 0 aliphatic heterocycles. The maximum atomic E-state index is 12.8. The molecule has 0 spiro atoms. The van der Waals surface area contributed by atoms with Crippen LogP contribution in [0.15, 0.2) is 51.9 Å². The normalized spacial score (nSPS) is 10.5. The van der Waals surface area contributed by atoms with E-state index >= 15 is 0 Å². The lowest BCUT2D eigenvalue weighted by Gasteiger charge is -2.11. The Balaban J connectivity index is 1.73. The number of anilines is 2. The van der Waals surface area contributed by atoms with Gasteiger partial charge in [-0.1, -0.05) is 28.9 Å². The summed E-state index contributed by atoms with van der Waals surface area (Å²) >= 11 is 7.66. The number of rotatable bonds is 6. The predicted molar refractivity (Wildman–Crippen MR) is 109 cm³/mol. The van der Waals surface area contributed by atoms with Crippen molar-refractivity contribution in [1.82, 2.24) is 10.1 Å². The highest BCUT2D eigenvalue weighted by atomic mass is 35.5. The van der Waals surface area contributed by atoms with Gasteiger partial charge in [-0.2, -0.15) is 4.98 Å². The molecule has 144 valence electrons. The number of carbonyl (C=O) groups is 2. The fourth-order valence-electron chi connectivity index (χ4n) is 2.41. The van der Waals surface area contributed by atoms with Gasteiger partial charge in [0.05, 0.1) is 22.0 Å². The van der Waals surface area contributed by atoms with Gasteiger partial charge in [0.1, 0.15) is 0 Å². The van der Waals surface area contributed by atoms with Crippen LogP contribution in [0.3, 0.4) is 0 Å². The zero-order chi connectivity index (χ0) is 20.1. The summed E-state index contributed by atoms with van der Waals surface area (Å²) < 4.78 is 5.11. The van der Waals surface area contributed by atoms with Crippen molar-refractivity contribution in [1.29, 1.82) is 0 Å². The van der Waals surface area contributed by atoms with E-state index in [1.165, 1.54) is 18.7 Å². The molecule has 0 radical (unpaired) electrons. The first-order chi connectivity index (χ1) is 13.4. The Morgan fingerprint density at radius 3 is 2.64 bits per heavy atom. The Morgan fingerprint density at radius 2 is 1.96 bits per heavy atom. The molecule has 7 nitrogen and oxygen atoms in total. The van der Waals surface area contributed by atoms with Crippen LogP contribution >= 0.6 is 23.4 Å². The third-order valence-corrected chi connectivity index (χ3v) is 4.96. The Bertz CT molecular complexity index is 1020. The number of hydrogen-bond acceptors (Lipinski definition) is 6. The van der Waals surface area contributed by atoms with E-state index in [2.05, 4.69) is 20.8 Å². The summed E-state index contributed by atoms with van der Waals surface area (Å²) in [6.45, 7) is 3.16. The van der Waals surface area contributed by atoms with Gasteiger partial charge < -0.3 is 15.2 Å². The molecule has 0 saturated heterocycles. The third-order valence-electron chi connectivity index (χ3n) is 3.59. The highest BCUT2D eigenvalue weighted by molar-refractivity contribution is 7.98. The molecule has 0 fully saturated rings. The molecule has 3 aromatic rings. The molecule has 2 amide bonds. The quantitative estimate of drug-likeness (QED) is 0.573. The van der Waals surface area contributed by atoms with E-state index in [0.717, 1.165) is 4.90 Å². The van der Waals surface area contributed by atoms with E-state index in [1.807, 2.05) is 12.1 Å². The molecule has 2 aromatic carbocycles. The van der Waals surface area contributed by atoms with E-state index < -0.39 is 0 Å². The van der Waals surface area contributed by atoms with Crippen LogP contribution < -0.4 is 10.6 Å². The van der Waals surface area contributed by atoms with Crippen LogP contribution in [0, 0.1) is 6.92 Å². The number of aromatic nitrogens is 2. The number of amides is 2. The summed E-state index contributed by atoms with van der Waals surface area (Å²) in [4.78, 5) is 28.8. The topological polar surface area (TPSA) is 97.1 Å². The largest absolute Gasteiger partial charge is 0.338 e. The minimum absolute atomic E-state index is 0.199. The van der Waals surface area contributed by atoms with Crippen molar-refractivity contribution in [2.75, 3.05) is 10.6 Å². The summed E-state index contributed by atoms with van der Waals surface area (Å²) in [7, 11) is 0. The molecular formula is C19H17ClN4O3S. The maximum Gasteiger partial charge on any atom is 0.256 e. The van der Waals surface area contributed by atoms with Crippen molar-refractivity contribution in [2.45, 2.75) is 24.5 Å². The van der Waals surface area contributed by atoms with Crippen molar-refractivity contribution in [2.24, 2.45) is 0 Å². The van der Waals surface area contributed by atoms with Gasteiger partial charge in [0.2, 0.25) is 11.8 Å². The average molecular weight is 417 g/mol. The molecule has 0 bridgehead atoms. The molecule has 2 N–H and O–H groups in total. The van der Waals surface area contributed by atoms with Crippen LogP contribution in [0.2, 0.25) is 5.02 Å². The van der Waals surface area contributed by atoms with Gasteiger partial charge in [-0.25, -0.2) is 0 Å². The summed E-state index contributed by atoms with van der Waals surface area (Å²) in [6.07, 6.45) is 0. The average Bonchev–Trinajstić information content (AvgIpc) is 3.07. The lowest BCUT2D eigenvalue weighted by molar-refractivity contribution is -0.114. The molecule has 3 rings (SSSR count). The van der Waals surface area contributed by atoms with Crippen molar-refractivity contribution in [3.05, 3.63) is 64.8 Å². The fraction of sp³-hybridized carbons (Fsp3) is 0.158. The third kappa shape index (κ3) is 5.11. The van der Waals surface area contributed by atoms with Crippen LogP contribution in [-0.4, -0.2) is 22.0 Å². The Hall–Kier alpha value is -2.84. The van der Waals surface area contributed by atoms with E-state index in [1.54, 1.807) is 37.3 Å². The van der Waals surface area contributed by atoms with Gasteiger partial charge in [0.25, 0.3) is 5.91 Å². The van der Waals surface area contributed by atoms with Crippen LogP contribution in [0.1, 0.15) is 29.0 Å². The maximum absolute atomic E-state index is 12.8. The predicted octanol–water partition coefficient (Wildman–Crippen LogP) is 4.53. The molecule has 1 heterocycles. The highest BCUT2D eigenvalue weighted by Gasteiger charge is 2.14. The Kier molecular flexibility index (Phi) is 6.33. The molecule has 0 aliphatic carbocycles. The second-order valence-corrected chi connectivity index (χ2v) is 7.27. The molecular weight excluding hydrogens is 400 g/mol. The van der Waals surface area contributed by atoms with Crippen molar-refractivity contribution >= 4 is 46.6 Å². The summed E-state index contributed by atoms with van der Waals surface area (Å²) in [5.74, 6) is 1.03. The van der Waals surface area contributed by atoms with Crippen molar-refractivity contribution in [3.8, 4) is 0 Å². The number of carbonyl (C=O) groups excluding carboxylic acids is 2. The molecule has 0 atom stereocenters. The number of nitrogens with one attached hydrogen (secondary N) is 2. The number of nitrogens with zero attached hydrogens (tertiary/aromatic N) is 2. The lowest BCUT2D eigenvalue weighted by Crippen LogP contribution is -2.13. The van der Waals surface area contributed by atoms with E-state index in [-0.39, 0.29) is 11.8 Å². The molecule has 9 heteroatoms. The molecule has 28 heavy (non-hydrogen) atoms. The minimum atomic E-state index is -0.293. The standard InChI is InChI=1S/C19H17ClN4O3S/c1-11-21-18(27-24-11)10-28-17-6-4-3-5-14(17)19(26)23-16-8-7-13(9-15(16)20)22-12(2)25/h3-9H,10H2,1-2H3,(H,22,25)(H,23,26). The molecule has 0 saturated carbocycles. The fourth-order valence-corrected chi connectivity index (χ4v) is 3.52. The number of halogens is 1. The van der Waals surface area contributed by atoms with E-state index in [9.17, 15) is 9.59 Å². The van der Waals surface area contributed by atoms with E-state index in [4.69, 9.17) is 16.1 Å². The van der Waals surface area contributed by atoms with Crippen molar-refractivity contribution in [3.63, 3.8) is 0 Å². The molecule has 1 aromatic heterocycles. The number of benzene rings is 2. The first kappa shape index (κ1) is 19.9. The Morgan fingerprint density at radius 1 is 1.18 bits per heavy atom. The minimum Gasteiger partial charge on any atom is -0.338 e. The van der Waals surface area contributed by atoms with E-state index in [0.29, 0.717) is 39.4 Å². The smallest absolute Gasteiger partial charge is 0.256 e. The number of thioether (sulfide) groups is 1. The number of hydrogen-bond donors (Lipinski definition) is 2. The van der Waals surface area contributed by atoms with Gasteiger partial charge >= 0.3 is 0 Å². The van der Waals surface area contributed by atoms with Gasteiger partial charge in [-0.15, -0.1) is 11.8 Å². The van der Waals surface area contributed by atoms with Gasteiger partial charge in [-0.3, -0.25) is 9.59 Å². The summed E-state index contributed by atoms with van der Waals surface area (Å²) in [5.41, 5.74) is 1.51.